The summed E-state index contributed by atoms with van der Waals surface area (Å²) in [6.07, 6.45) is 6.66. The Bertz CT molecular complexity index is 722. The van der Waals surface area contributed by atoms with Crippen LogP contribution in [0.15, 0.2) is 48.5 Å². The Morgan fingerprint density at radius 3 is 2.07 bits per heavy atom. The summed E-state index contributed by atoms with van der Waals surface area (Å²) < 4.78 is 16.8. The number of esters is 1. The van der Waals surface area contributed by atoms with E-state index in [0.717, 1.165) is 42.7 Å². The zero-order valence-corrected chi connectivity index (χ0v) is 18.7. The van der Waals surface area contributed by atoms with E-state index < -0.39 is 0 Å². The summed E-state index contributed by atoms with van der Waals surface area (Å²) in [6.45, 7) is 8.07. The van der Waals surface area contributed by atoms with Crippen molar-refractivity contribution >= 4 is 5.97 Å². The SMILES string of the molecule is CCCCCCOc1ccc(-c2ccc(C(=O)OC(C)COCCCC)cc2)cc1. The number of benzene rings is 2. The maximum absolute atomic E-state index is 12.3. The largest absolute Gasteiger partial charge is 0.494 e. The Morgan fingerprint density at radius 1 is 0.800 bits per heavy atom. The van der Waals surface area contributed by atoms with Crippen molar-refractivity contribution in [2.24, 2.45) is 0 Å². The highest BCUT2D eigenvalue weighted by atomic mass is 16.6. The van der Waals surface area contributed by atoms with E-state index in [1.165, 1.54) is 19.3 Å². The van der Waals surface area contributed by atoms with E-state index in [9.17, 15) is 4.79 Å². The number of carbonyl (C=O) groups is 1. The summed E-state index contributed by atoms with van der Waals surface area (Å²) in [4.78, 5) is 12.3. The Labute approximate surface area is 181 Å². The summed E-state index contributed by atoms with van der Waals surface area (Å²) in [5, 5.41) is 0. The molecule has 0 fully saturated rings. The molecule has 4 heteroatoms. The fourth-order valence-electron chi connectivity index (χ4n) is 3.04. The van der Waals surface area contributed by atoms with Gasteiger partial charge in [-0.3, -0.25) is 0 Å². The minimum atomic E-state index is -0.319. The summed E-state index contributed by atoms with van der Waals surface area (Å²) in [6, 6.07) is 15.6. The zero-order valence-electron chi connectivity index (χ0n) is 18.7. The summed E-state index contributed by atoms with van der Waals surface area (Å²) in [7, 11) is 0. The quantitative estimate of drug-likeness (QED) is 0.257. The summed E-state index contributed by atoms with van der Waals surface area (Å²) in [5.74, 6) is 0.575. The molecule has 1 atom stereocenters. The predicted octanol–water partition coefficient (Wildman–Crippen LogP) is 6.67. The molecule has 0 aliphatic carbocycles. The standard InChI is InChI=1S/C26H36O4/c1-4-6-8-9-19-29-25-16-14-23(15-17-25)22-10-12-24(13-11-22)26(27)30-21(3)20-28-18-7-5-2/h10-17,21H,4-9,18-20H2,1-3H3. The number of hydrogen-bond acceptors (Lipinski definition) is 4. The van der Waals surface area contributed by atoms with Crippen molar-refractivity contribution in [2.75, 3.05) is 19.8 Å². The average Bonchev–Trinajstić information content (AvgIpc) is 2.77. The van der Waals surface area contributed by atoms with Gasteiger partial charge in [-0.15, -0.1) is 0 Å². The first kappa shape index (κ1) is 23.9. The molecule has 0 aromatic heterocycles. The van der Waals surface area contributed by atoms with Crippen LogP contribution in [0.25, 0.3) is 11.1 Å². The highest BCUT2D eigenvalue weighted by Gasteiger charge is 2.12. The van der Waals surface area contributed by atoms with E-state index in [-0.39, 0.29) is 12.1 Å². The van der Waals surface area contributed by atoms with Crippen molar-refractivity contribution in [3.05, 3.63) is 54.1 Å². The van der Waals surface area contributed by atoms with Gasteiger partial charge in [-0.1, -0.05) is 63.8 Å². The molecule has 0 aliphatic rings. The smallest absolute Gasteiger partial charge is 0.338 e. The predicted molar refractivity (Wildman–Crippen MR) is 122 cm³/mol. The van der Waals surface area contributed by atoms with Crippen molar-refractivity contribution < 1.29 is 19.0 Å². The van der Waals surface area contributed by atoms with Crippen LogP contribution in [-0.4, -0.2) is 31.9 Å². The maximum atomic E-state index is 12.3. The van der Waals surface area contributed by atoms with Gasteiger partial charge < -0.3 is 14.2 Å². The minimum Gasteiger partial charge on any atom is -0.494 e. The first-order valence-electron chi connectivity index (χ1n) is 11.3. The lowest BCUT2D eigenvalue weighted by molar-refractivity contribution is 0.00169. The van der Waals surface area contributed by atoms with Gasteiger partial charge in [0, 0.05) is 6.61 Å². The van der Waals surface area contributed by atoms with E-state index in [1.54, 1.807) is 12.1 Å². The molecule has 0 saturated carbocycles. The Balaban J connectivity index is 1.82. The third-order valence-corrected chi connectivity index (χ3v) is 4.88. The molecule has 0 aliphatic heterocycles. The number of hydrogen-bond donors (Lipinski definition) is 0. The lowest BCUT2D eigenvalue weighted by Crippen LogP contribution is -2.20. The molecular formula is C26H36O4. The second-order valence-electron chi connectivity index (χ2n) is 7.66. The van der Waals surface area contributed by atoms with Crippen LogP contribution in [-0.2, 0) is 9.47 Å². The van der Waals surface area contributed by atoms with Gasteiger partial charge in [0.05, 0.1) is 18.8 Å². The number of ether oxygens (including phenoxy) is 3. The fourth-order valence-corrected chi connectivity index (χ4v) is 3.04. The number of unbranched alkanes of at least 4 members (excludes halogenated alkanes) is 4. The first-order valence-corrected chi connectivity index (χ1v) is 11.3. The molecule has 0 radical (unpaired) electrons. The van der Waals surface area contributed by atoms with Crippen molar-refractivity contribution in [3.8, 4) is 16.9 Å². The van der Waals surface area contributed by atoms with Gasteiger partial charge in [-0.05, 0) is 55.2 Å². The zero-order chi connectivity index (χ0) is 21.6. The van der Waals surface area contributed by atoms with E-state index in [0.29, 0.717) is 18.8 Å². The number of carbonyl (C=O) groups excluding carboxylic acids is 1. The van der Waals surface area contributed by atoms with E-state index in [4.69, 9.17) is 14.2 Å². The van der Waals surface area contributed by atoms with Gasteiger partial charge in [0.1, 0.15) is 11.9 Å². The summed E-state index contributed by atoms with van der Waals surface area (Å²) >= 11 is 0. The molecule has 0 spiro atoms. The molecule has 0 bridgehead atoms. The average molecular weight is 413 g/mol. The van der Waals surface area contributed by atoms with Crippen molar-refractivity contribution in [3.63, 3.8) is 0 Å². The van der Waals surface area contributed by atoms with Gasteiger partial charge >= 0.3 is 5.97 Å². The van der Waals surface area contributed by atoms with Gasteiger partial charge in [0.2, 0.25) is 0 Å². The van der Waals surface area contributed by atoms with E-state index in [2.05, 4.69) is 13.8 Å². The van der Waals surface area contributed by atoms with Crippen LogP contribution >= 0.6 is 0 Å². The van der Waals surface area contributed by atoms with Crippen LogP contribution in [0, 0.1) is 0 Å². The fraction of sp³-hybridized carbons (Fsp3) is 0.500. The van der Waals surface area contributed by atoms with E-state index in [1.807, 2.05) is 43.3 Å². The van der Waals surface area contributed by atoms with E-state index >= 15 is 0 Å². The van der Waals surface area contributed by atoms with Crippen LogP contribution in [0.3, 0.4) is 0 Å². The van der Waals surface area contributed by atoms with Crippen LogP contribution in [0.2, 0.25) is 0 Å². The van der Waals surface area contributed by atoms with Gasteiger partial charge in [0.15, 0.2) is 0 Å². The third-order valence-electron chi connectivity index (χ3n) is 4.88. The molecule has 2 aromatic rings. The maximum Gasteiger partial charge on any atom is 0.338 e. The van der Waals surface area contributed by atoms with Crippen LogP contribution in [0.1, 0.15) is 69.7 Å². The molecule has 0 saturated heterocycles. The monoisotopic (exact) mass is 412 g/mol. The van der Waals surface area contributed by atoms with Crippen molar-refractivity contribution in [2.45, 2.75) is 65.4 Å². The molecule has 0 heterocycles. The molecule has 0 amide bonds. The van der Waals surface area contributed by atoms with Gasteiger partial charge in [-0.25, -0.2) is 4.79 Å². The topological polar surface area (TPSA) is 44.8 Å². The third kappa shape index (κ3) is 8.58. The normalized spacial score (nSPS) is 11.8. The lowest BCUT2D eigenvalue weighted by Gasteiger charge is -2.14. The summed E-state index contributed by atoms with van der Waals surface area (Å²) in [5.41, 5.74) is 2.69. The van der Waals surface area contributed by atoms with Gasteiger partial charge in [0.25, 0.3) is 0 Å². The molecule has 2 aromatic carbocycles. The van der Waals surface area contributed by atoms with Crippen LogP contribution in [0.5, 0.6) is 5.75 Å². The molecule has 30 heavy (non-hydrogen) atoms. The molecule has 1 unspecified atom stereocenters. The van der Waals surface area contributed by atoms with Gasteiger partial charge in [-0.2, -0.15) is 0 Å². The molecule has 164 valence electrons. The second-order valence-corrected chi connectivity index (χ2v) is 7.66. The highest BCUT2D eigenvalue weighted by Crippen LogP contribution is 2.23. The van der Waals surface area contributed by atoms with Crippen LogP contribution < -0.4 is 4.74 Å². The van der Waals surface area contributed by atoms with Crippen molar-refractivity contribution in [1.29, 1.82) is 0 Å². The Hall–Kier alpha value is -2.33. The van der Waals surface area contributed by atoms with Crippen molar-refractivity contribution in [1.82, 2.24) is 0 Å². The lowest BCUT2D eigenvalue weighted by atomic mass is 10.0. The van der Waals surface area contributed by atoms with Crippen LogP contribution in [0.4, 0.5) is 0 Å². The Morgan fingerprint density at radius 2 is 1.43 bits per heavy atom. The molecule has 4 nitrogen and oxygen atoms in total. The number of rotatable bonds is 14. The first-order chi connectivity index (χ1) is 14.6. The Kier molecular flexibility index (Phi) is 11.0. The second kappa shape index (κ2) is 13.8. The highest BCUT2D eigenvalue weighted by molar-refractivity contribution is 5.90. The molecule has 0 N–H and O–H groups in total. The molecular weight excluding hydrogens is 376 g/mol. The molecule has 2 rings (SSSR count). The minimum absolute atomic E-state index is 0.261.